The van der Waals surface area contributed by atoms with Gasteiger partial charge in [0.05, 0.1) is 17.7 Å². The molecule has 0 heterocycles. The normalized spacial score (nSPS) is 10.6. The Kier molecular flexibility index (Phi) is 5.15. The lowest BCUT2D eigenvalue weighted by Crippen LogP contribution is -2.12. The minimum Gasteiger partial charge on any atom is -0.478 e. The molecule has 0 radical (unpaired) electrons. The zero-order valence-corrected chi connectivity index (χ0v) is 12.9. The summed E-state index contributed by atoms with van der Waals surface area (Å²) < 4.78 is 5.08. The monoisotopic (exact) mass is 300 g/mol. The first-order chi connectivity index (χ1) is 10.6. The third-order valence-electron chi connectivity index (χ3n) is 3.49. The van der Waals surface area contributed by atoms with E-state index >= 15 is 0 Å². The van der Waals surface area contributed by atoms with Gasteiger partial charge in [0.1, 0.15) is 0 Å². The second-order valence-electron chi connectivity index (χ2n) is 5.23. The Morgan fingerprint density at radius 2 is 1.86 bits per heavy atom. The molecular weight excluding hydrogens is 280 g/mol. The standard InChI is InChI=1S/C18H20O4/c1-3-5-12-6-8-14-13(11-12)7-9-15(16(14)17(19)20)18(21)22-10-4-2/h6-9,11H,3-5,10H2,1-2H3,(H,19,20). The highest BCUT2D eigenvalue weighted by Crippen LogP contribution is 2.25. The molecule has 4 nitrogen and oxygen atoms in total. The molecule has 1 N–H and O–H groups in total. The predicted molar refractivity (Wildman–Crippen MR) is 85.5 cm³/mol. The summed E-state index contributed by atoms with van der Waals surface area (Å²) in [5, 5.41) is 10.9. The Morgan fingerprint density at radius 1 is 1.09 bits per heavy atom. The van der Waals surface area contributed by atoms with Crippen LogP contribution < -0.4 is 0 Å². The molecular formula is C18H20O4. The molecule has 4 heteroatoms. The van der Waals surface area contributed by atoms with Crippen molar-refractivity contribution in [1.29, 1.82) is 0 Å². The van der Waals surface area contributed by atoms with Crippen molar-refractivity contribution in [3.05, 3.63) is 47.0 Å². The SMILES string of the molecule is CCCOC(=O)c1ccc2cc(CCC)ccc2c1C(=O)O. The third-order valence-corrected chi connectivity index (χ3v) is 3.49. The molecule has 0 unspecified atom stereocenters. The highest BCUT2D eigenvalue weighted by Gasteiger charge is 2.20. The van der Waals surface area contributed by atoms with Crippen molar-refractivity contribution in [1.82, 2.24) is 0 Å². The van der Waals surface area contributed by atoms with Gasteiger partial charge in [-0.2, -0.15) is 0 Å². The quantitative estimate of drug-likeness (QED) is 0.817. The fourth-order valence-electron chi connectivity index (χ4n) is 2.50. The van der Waals surface area contributed by atoms with Crippen LogP contribution in [0, 0.1) is 0 Å². The molecule has 0 aromatic heterocycles. The minimum atomic E-state index is -1.11. The maximum absolute atomic E-state index is 12.1. The summed E-state index contributed by atoms with van der Waals surface area (Å²) in [5.74, 6) is -1.70. The number of aromatic carboxylic acids is 1. The van der Waals surface area contributed by atoms with Gasteiger partial charge in [0.2, 0.25) is 0 Å². The predicted octanol–water partition coefficient (Wildman–Crippen LogP) is 4.06. The molecule has 22 heavy (non-hydrogen) atoms. The van der Waals surface area contributed by atoms with Crippen LogP contribution >= 0.6 is 0 Å². The molecule has 0 fully saturated rings. The van der Waals surface area contributed by atoms with Crippen molar-refractivity contribution in [3.8, 4) is 0 Å². The molecule has 0 aliphatic heterocycles. The van der Waals surface area contributed by atoms with Crippen LogP contribution in [0.15, 0.2) is 30.3 Å². The zero-order valence-electron chi connectivity index (χ0n) is 12.9. The first-order valence-electron chi connectivity index (χ1n) is 7.54. The number of rotatable bonds is 6. The van der Waals surface area contributed by atoms with Crippen LogP contribution in [0.25, 0.3) is 10.8 Å². The number of fused-ring (bicyclic) bond motifs is 1. The van der Waals surface area contributed by atoms with E-state index in [2.05, 4.69) is 6.92 Å². The zero-order chi connectivity index (χ0) is 16.1. The molecule has 2 aromatic rings. The van der Waals surface area contributed by atoms with Gasteiger partial charge in [-0.05, 0) is 35.2 Å². The molecule has 0 atom stereocenters. The Hall–Kier alpha value is -2.36. The van der Waals surface area contributed by atoms with Crippen molar-refractivity contribution in [2.45, 2.75) is 33.1 Å². The summed E-state index contributed by atoms with van der Waals surface area (Å²) in [7, 11) is 0. The van der Waals surface area contributed by atoms with E-state index in [-0.39, 0.29) is 17.7 Å². The number of benzene rings is 2. The number of ether oxygens (including phenoxy) is 1. The fourth-order valence-corrected chi connectivity index (χ4v) is 2.50. The fraction of sp³-hybridized carbons (Fsp3) is 0.333. The molecule has 0 bridgehead atoms. The van der Waals surface area contributed by atoms with Crippen molar-refractivity contribution in [3.63, 3.8) is 0 Å². The minimum absolute atomic E-state index is 0.0154. The van der Waals surface area contributed by atoms with Crippen LogP contribution in [0.3, 0.4) is 0 Å². The number of hydrogen-bond acceptors (Lipinski definition) is 3. The first kappa shape index (κ1) is 16.0. The Bertz CT molecular complexity index is 704. The molecule has 0 saturated heterocycles. The molecule has 2 aromatic carbocycles. The smallest absolute Gasteiger partial charge is 0.339 e. The maximum atomic E-state index is 12.1. The van der Waals surface area contributed by atoms with Gasteiger partial charge in [0.15, 0.2) is 0 Å². The van der Waals surface area contributed by atoms with Gasteiger partial charge < -0.3 is 9.84 Å². The molecule has 0 aliphatic carbocycles. The number of carboxylic acids is 1. The van der Waals surface area contributed by atoms with E-state index < -0.39 is 11.9 Å². The largest absolute Gasteiger partial charge is 0.478 e. The second kappa shape index (κ2) is 7.07. The van der Waals surface area contributed by atoms with Gasteiger partial charge in [-0.15, -0.1) is 0 Å². The second-order valence-corrected chi connectivity index (χ2v) is 5.23. The van der Waals surface area contributed by atoms with E-state index in [4.69, 9.17) is 4.74 Å². The van der Waals surface area contributed by atoms with Crippen LogP contribution in [0.4, 0.5) is 0 Å². The van der Waals surface area contributed by atoms with E-state index in [0.29, 0.717) is 11.8 Å². The van der Waals surface area contributed by atoms with Gasteiger partial charge in [-0.25, -0.2) is 9.59 Å². The number of hydrogen-bond donors (Lipinski definition) is 1. The van der Waals surface area contributed by atoms with E-state index in [1.165, 1.54) is 0 Å². The van der Waals surface area contributed by atoms with Gasteiger partial charge in [-0.3, -0.25) is 0 Å². The highest BCUT2D eigenvalue weighted by atomic mass is 16.5. The van der Waals surface area contributed by atoms with Crippen LogP contribution in [0.5, 0.6) is 0 Å². The summed E-state index contributed by atoms with van der Waals surface area (Å²) >= 11 is 0. The Labute approximate surface area is 129 Å². The summed E-state index contributed by atoms with van der Waals surface area (Å²) in [6, 6.07) is 9.00. The lowest BCUT2D eigenvalue weighted by Gasteiger charge is -2.10. The lowest BCUT2D eigenvalue weighted by molar-refractivity contribution is 0.0495. The lowest BCUT2D eigenvalue weighted by atomic mass is 9.96. The Morgan fingerprint density at radius 3 is 2.50 bits per heavy atom. The molecule has 2 rings (SSSR count). The number of carbonyl (C=O) groups excluding carboxylic acids is 1. The third kappa shape index (κ3) is 3.27. The van der Waals surface area contributed by atoms with E-state index in [1.54, 1.807) is 18.2 Å². The van der Waals surface area contributed by atoms with Crippen molar-refractivity contribution in [2.75, 3.05) is 6.61 Å². The van der Waals surface area contributed by atoms with Gasteiger partial charge >= 0.3 is 11.9 Å². The van der Waals surface area contributed by atoms with E-state index in [0.717, 1.165) is 23.8 Å². The average Bonchev–Trinajstić information content (AvgIpc) is 2.51. The first-order valence-corrected chi connectivity index (χ1v) is 7.54. The van der Waals surface area contributed by atoms with Crippen molar-refractivity contribution >= 4 is 22.7 Å². The summed E-state index contributed by atoms with van der Waals surface area (Å²) in [6.45, 7) is 4.27. The summed E-state index contributed by atoms with van der Waals surface area (Å²) in [5.41, 5.74) is 1.28. The average molecular weight is 300 g/mol. The number of carboxylic acid groups (broad SMARTS) is 1. The van der Waals surface area contributed by atoms with Crippen molar-refractivity contribution < 1.29 is 19.4 Å². The summed E-state index contributed by atoms with van der Waals surface area (Å²) in [4.78, 5) is 23.7. The van der Waals surface area contributed by atoms with E-state index in [9.17, 15) is 14.7 Å². The van der Waals surface area contributed by atoms with Gasteiger partial charge in [-0.1, -0.05) is 44.5 Å². The molecule has 0 saturated carbocycles. The number of esters is 1. The molecule has 0 aliphatic rings. The van der Waals surface area contributed by atoms with Gasteiger partial charge in [0.25, 0.3) is 0 Å². The van der Waals surface area contributed by atoms with E-state index in [1.807, 2.05) is 19.1 Å². The van der Waals surface area contributed by atoms with Crippen LogP contribution in [-0.4, -0.2) is 23.7 Å². The summed E-state index contributed by atoms with van der Waals surface area (Å²) in [6.07, 6.45) is 2.67. The molecule has 0 spiro atoms. The van der Waals surface area contributed by atoms with Crippen LogP contribution in [0.1, 0.15) is 53.0 Å². The Balaban J connectivity index is 2.54. The van der Waals surface area contributed by atoms with Crippen LogP contribution in [-0.2, 0) is 11.2 Å². The van der Waals surface area contributed by atoms with Gasteiger partial charge in [0, 0.05) is 0 Å². The van der Waals surface area contributed by atoms with Crippen molar-refractivity contribution in [2.24, 2.45) is 0 Å². The number of carbonyl (C=O) groups is 2. The maximum Gasteiger partial charge on any atom is 0.339 e. The van der Waals surface area contributed by atoms with Crippen LogP contribution in [0.2, 0.25) is 0 Å². The molecule has 0 amide bonds. The topological polar surface area (TPSA) is 63.6 Å². The highest BCUT2D eigenvalue weighted by molar-refractivity contribution is 6.12. The number of aryl methyl sites for hydroxylation is 1. The molecule has 116 valence electrons.